The first-order chi connectivity index (χ1) is 6.83. The van der Waals surface area contributed by atoms with E-state index in [0.717, 1.165) is 11.4 Å². The van der Waals surface area contributed by atoms with Gasteiger partial charge in [-0.1, -0.05) is 18.2 Å². The molecule has 3 nitrogen and oxygen atoms in total. The standard InChI is InChI=1S/C11H9N2O/c1-9-10(8-14)7-12-13(9)11-5-3-2-4-6-11/h2-7H,1H3. The molecule has 3 heteroatoms. The van der Waals surface area contributed by atoms with Gasteiger partial charge in [-0.15, -0.1) is 0 Å². The number of hydrogen-bond acceptors (Lipinski definition) is 2. The molecule has 14 heavy (non-hydrogen) atoms. The summed E-state index contributed by atoms with van der Waals surface area (Å²) in [6.45, 7) is 1.85. The van der Waals surface area contributed by atoms with Gasteiger partial charge >= 0.3 is 0 Å². The van der Waals surface area contributed by atoms with E-state index in [1.165, 1.54) is 6.20 Å². The van der Waals surface area contributed by atoms with E-state index in [4.69, 9.17) is 0 Å². The minimum absolute atomic E-state index is 0.508. The Morgan fingerprint density at radius 3 is 2.57 bits per heavy atom. The molecule has 0 N–H and O–H groups in total. The number of para-hydroxylation sites is 1. The number of hydrogen-bond donors (Lipinski definition) is 0. The van der Waals surface area contributed by atoms with Crippen LogP contribution in [0.25, 0.3) is 5.69 Å². The van der Waals surface area contributed by atoms with Crippen LogP contribution in [0.4, 0.5) is 0 Å². The molecule has 0 saturated carbocycles. The minimum Gasteiger partial charge on any atom is -0.285 e. The van der Waals surface area contributed by atoms with Crippen LogP contribution in [-0.4, -0.2) is 16.1 Å². The quantitative estimate of drug-likeness (QED) is 0.712. The Kier molecular flexibility index (Phi) is 2.14. The lowest BCUT2D eigenvalue weighted by molar-refractivity contribution is 0.562. The first-order valence-corrected chi connectivity index (χ1v) is 4.31. The zero-order chi connectivity index (χ0) is 9.97. The molecular formula is C11H9N2O. The normalized spacial score (nSPS) is 10.1. The number of benzene rings is 1. The fraction of sp³-hybridized carbons (Fsp3) is 0.0909. The molecule has 0 spiro atoms. The van der Waals surface area contributed by atoms with Gasteiger partial charge in [0, 0.05) is 0 Å². The summed E-state index contributed by atoms with van der Waals surface area (Å²) in [5.41, 5.74) is 2.27. The molecule has 0 saturated heterocycles. The summed E-state index contributed by atoms with van der Waals surface area (Å²) in [4.78, 5) is 10.5. The van der Waals surface area contributed by atoms with Gasteiger partial charge < -0.3 is 0 Å². The molecule has 0 fully saturated rings. The molecular weight excluding hydrogens is 176 g/mol. The molecule has 1 radical (unpaired) electrons. The molecule has 0 aliphatic carbocycles. The van der Waals surface area contributed by atoms with Gasteiger partial charge in [0.15, 0.2) is 0 Å². The fourth-order valence-corrected chi connectivity index (χ4v) is 1.34. The van der Waals surface area contributed by atoms with Gasteiger partial charge in [-0.2, -0.15) is 5.10 Å². The van der Waals surface area contributed by atoms with E-state index in [-0.39, 0.29) is 0 Å². The highest BCUT2D eigenvalue weighted by Gasteiger charge is 2.06. The Labute approximate surface area is 82.0 Å². The van der Waals surface area contributed by atoms with Crippen LogP contribution in [0.5, 0.6) is 0 Å². The van der Waals surface area contributed by atoms with E-state index in [1.54, 1.807) is 4.68 Å². The molecule has 0 aliphatic rings. The highest BCUT2D eigenvalue weighted by Crippen LogP contribution is 2.11. The molecule has 1 aromatic heterocycles. The van der Waals surface area contributed by atoms with E-state index >= 15 is 0 Å². The molecule has 0 atom stereocenters. The van der Waals surface area contributed by atoms with Crippen LogP contribution in [0, 0.1) is 6.92 Å². The SMILES string of the molecule is Cc1c([C]=O)cnn1-c1ccccc1. The molecule has 1 aromatic carbocycles. The molecule has 2 aromatic rings. The smallest absolute Gasteiger partial charge is 0.237 e. The van der Waals surface area contributed by atoms with Crippen molar-refractivity contribution in [3.05, 3.63) is 47.8 Å². The van der Waals surface area contributed by atoms with Crippen LogP contribution in [0.1, 0.15) is 11.3 Å². The van der Waals surface area contributed by atoms with E-state index < -0.39 is 0 Å². The van der Waals surface area contributed by atoms with Gasteiger partial charge in [0.2, 0.25) is 6.29 Å². The highest BCUT2D eigenvalue weighted by molar-refractivity contribution is 5.76. The molecule has 0 amide bonds. The van der Waals surface area contributed by atoms with Crippen LogP contribution in [0.3, 0.4) is 0 Å². The number of aromatic nitrogens is 2. The molecule has 2 rings (SSSR count). The number of nitrogens with zero attached hydrogens (tertiary/aromatic N) is 2. The summed E-state index contributed by atoms with van der Waals surface area (Å²) in [7, 11) is 0. The van der Waals surface area contributed by atoms with Crippen molar-refractivity contribution < 1.29 is 4.79 Å². The zero-order valence-corrected chi connectivity index (χ0v) is 7.77. The summed E-state index contributed by atoms with van der Waals surface area (Å²) in [5.74, 6) is 0. The van der Waals surface area contributed by atoms with Crippen LogP contribution < -0.4 is 0 Å². The van der Waals surface area contributed by atoms with Gasteiger partial charge in [0.25, 0.3) is 0 Å². The lowest BCUT2D eigenvalue weighted by atomic mass is 10.3. The second-order valence-corrected chi connectivity index (χ2v) is 2.99. The average Bonchev–Trinajstić information content (AvgIpc) is 2.61. The monoisotopic (exact) mass is 185 g/mol. The Morgan fingerprint density at radius 1 is 1.29 bits per heavy atom. The van der Waals surface area contributed by atoms with E-state index in [1.807, 2.05) is 43.5 Å². The first-order valence-electron chi connectivity index (χ1n) is 4.31. The average molecular weight is 185 g/mol. The maximum atomic E-state index is 10.5. The number of rotatable bonds is 2. The van der Waals surface area contributed by atoms with Crippen molar-refractivity contribution >= 4 is 6.29 Å². The largest absolute Gasteiger partial charge is 0.285 e. The van der Waals surface area contributed by atoms with Gasteiger partial charge in [0.05, 0.1) is 23.1 Å². The third kappa shape index (κ3) is 1.33. The zero-order valence-electron chi connectivity index (χ0n) is 7.77. The minimum atomic E-state index is 0.508. The summed E-state index contributed by atoms with van der Waals surface area (Å²) in [6.07, 6.45) is 3.38. The van der Waals surface area contributed by atoms with Crippen LogP contribution in [0.15, 0.2) is 36.5 Å². The van der Waals surface area contributed by atoms with Crippen molar-refractivity contribution in [2.75, 3.05) is 0 Å². The van der Waals surface area contributed by atoms with Crippen LogP contribution in [-0.2, 0) is 4.79 Å². The molecule has 0 aliphatic heterocycles. The van der Waals surface area contributed by atoms with E-state index in [2.05, 4.69) is 5.10 Å². The molecule has 69 valence electrons. The first kappa shape index (κ1) is 8.69. The van der Waals surface area contributed by atoms with Crippen molar-refractivity contribution in [2.24, 2.45) is 0 Å². The summed E-state index contributed by atoms with van der Waals surface area (Å²) < 4.78 is 1.72. The predicted molar refractivity (Wildman–Crippen MR) is 53.1 cm³/mol. The molecule has 0 bridgehead atoms. The highest BCUT2D eigenvalue weighted by atomic mass is 16.1. The Balaban J connectivity index is 2.53. The van der Waals surface area contributed by atoms with Gasteiger partial charge in [-0.3, -0.25) is 4.79 Å². The van der Waals surface area contributed by atoms with Crippen LogP contribution in [0.2, 0.25) is 0 Å². The maximum Gasteiger partial charge on any atom is 0.237 e. The predicted octanol–water partition coefficient (Wildman–Crippen LogP) is 1.64. The second kappa shape index (κ2) is 3.46. The Bertz CT molecular complexity index is 446. The van der Waals surface area contributed by atoms with Crippen molar-refractivity contribution in [2.45, 2.75) is 6.92 Å². The summed E-state index contributed by atoms with van der Waals surface area (Å²) in [5, 5.41) is 4.11. The lowest BCUT2D eigenvalue weighted by Crippen LogP contribution is -1.98. The van der Waals surface area contributed by atoms with Gasteiger partial charge in [0.1, 0.15) is 0 Å². The van der Waals surface area contributed by atoms with Crippen molar-refractivity contribution in [3.63, 3.8) is 0 Å². The van der Waals surface area contributed by atoms with Crippen molar-refractivity contribution in [1.82, 2.24) is 9.78 Å². The molecule has 1 heterocycles. The fourth-order valence-electron chi connectivity index (χ4n) is 1.34. The second-order valence-electron chi connectivity index (χ2n) is 2.99. The van der Waals surface area contributed by atoms with Crippen LogP contribution >= 0.6 is 0 Å². The van der Waals surface area contributed by atoms with Crippen molar-refractivity contribution in [3.8, 4) is 5.69 Å². The van der Waals surface area contributed by atoms with Crippen molar-refractivity contribution in [1.29, 1.82) is 0 Å². The van der Waals surface area contributed by atoms with Gasteiger partial charge in [-0.25, -0.2) is 4.68 Å². The van der Waals surface area contributed by atoms with E-state index in [9.17, 15) is 4.79 Å². The maximum absolute atomic E-state index is 10.5. The van der Waals surface area contributed by atoms with E-state index in [0.29, 0.717) is 5.56 Å². The van der Waals surface area contributed by atoms with Gasteiger partial charge in [-0.05, 0) is 19.1 Å². The lowest BCUT2D eigenvalue weighted by Gasteiger charge is -2.02. The molecule has 0 unspecified atom stereocenters. The Morgan fingerprint density at radius 2 is 2.00 bits per heavy atom. The topological polar surface area (TPSA) is 34.9 Å². The third-order valence-electron chi connectivity index (χ3n) is 2.12. The third-order valence-corrected chi connectivity index (χ3v) is 2.12. The number of carbonyl (C=O) groups excluding carboxylic acids is 1. The summed E-state index contributed by atoms with van der Waals surface area (Å²) in [6, 6.07) is 9.68. The summed E-state index contributed by atoms with van der Waals surface area (Å²) >= 11 is 0. The Hall–Kier alpha value is -1.90.